The molecule has 1 saturated heterocycles. The molecular weight excluding hydrogens is 310 g/mol. The van der Waals surface area contributed by atoms with Gasteiger partial charge in [-0.25, -0.2) is 4.79 Å². The number of quaternary nitrogens is 1. The molecule has 1 aliphatic rings. The van der Waals surface area contributed by atoms with Crippen LogP contribution in [0.5, 0.6) is 0 Å². The highest BCUT2D eigenvalue weighted by molar-refractivity contribution is 6.22. The second-order valence-electron chi connectivity index (χ2n) is 6.58. The number of hydrogen-bond acceptors (Lipinski definition) is 4. The minimum Gasteiger partial charge on any atom is -0.850 e. The first-order valence-electron chi connectivity index (χ1n) is 7.78. The van der Waals surface area contributed by atoms with Crippen LogP contribution in [0.4, 0.5) is 4.79 Å². The Labute approximate surface area is 142 Å². The number of urea groups is 1. The van der Waals surface area contributed by atoms with E-state index in [-0.39, 0.29) is 6.61 Å². The Balaban J connectivity index is 0.000000351. The van der Waals surface area contributed by atoms with Gasteiger partial charge in [-0.2, -0.15) is 0 Å². The van der Waals surface area contributed by atoms with Crippen molar-refractivity contribution in [2.24, 2.45) is 0 Å². The third kappa shape index (κ3) is 4.62. The van der Waals surface area contributed by atoms with E-state index in [1.165, 1.54) is 0 Å². The number of nitrogens with one attached hydrogen (secondary N) is 2. The van der Waals surface area contributed by atoms with Crippen molar-refractivity contribution < 1.29 is 24.0 Å². The van der Waals surface area contributed by atoms with Crippen LogP contribution in [0.25, 0.3) is 0 Å². The number of amides is 4. The number of carbonyl (C=O) groups is 3. The van der Waals surface area contributed by atoms with E-state index in [1.54, 1.807) is 37.3 Å². The highest BCUT2D eigenvalue weighted by atomic mass is 16.3. The van der Waals surface area contributed by atoms with Gasteiger partial charge in [-0.1, -0.05) is 43.9 Å². The van der Waals surface area contributed by atoms with Crippen LogP contribution in [0.15, 0.2) is 30.3 Å². The van der Waals surface area contributed by atoms with Crippen molar-refractivity contribution in [2.75, 3.05) is 34.3 Å². The second-order valence-corrected chi connectivity index (χ2v) is 6.58. The predicted octanol–water partition coefficient (Wildman–Crippen LogP) is -0.247. The molecule has 0 bridgehead atoms. The molecule has 1 aliphatic heterocycles. The van der Waals surface area contributed by atoms with Gasteiger partial charge in [-0.3, -0.25) is 20.2 Å². The fourth-order valence-corrected chi connectivity index (χ4v) is 2.34. The fraction of sp³-hybridized carbons (Fsp3) is 0.471. The molecule has 1 aromatic rings. The molecule has 1 heterocycles. The lowest BCUT2D eigenvalue weighted by atomic mass is 9.75. The van der Waals surface area contributed by atoms with Gasteiger partial charge in [0.2, 0.25) is 11.8 Å². The molecule has 0 atom stereocenters. The maximum Gasteiger partial charge on any atom is 0.328 e. The van der Waals surface area contributed by atoms with Gasteiger partial charge in [0.05, 0.1) is 27.7 Å². The molecule has 2 N–H and O–H groups in total. The lowest BCUT2D eigenvalue weighted by Gasteiger charge is -2.33. The molecule has 0 radical (unpaired) electrons. The molecule has 0 spiro atoms. The van der Waals surface area contributed by atoms with E-state index in [9.17, 15) is 19.5 Å². The molecule has 7 nitrogen and oxygen atoms in total. The number of likely N-dealkylation sites (N-methyl/N-ethyl adjacent to an activating group) is 1. The van der Waals surface area contributed by atoms with Crippen LogP contribution in [0.3, 0.4) is 0 Å². The van der Waals surface area contributed by atoms with Crippen LogP contribution < -0.4 is 15.7 Å². The number of carbonyl (C=O) groups excluding carboxylic acids is 3. The van der Waals surface area contributed by atoms with Gasteiger partial charge in [0.15, 0.2) is 5.41 Å². The van der Waals surface area contributed by atoms with Crippen LogP contribution in [0.2, 0.25) is 0 Å². The summed E-state index contributed by atoms with van der Waals surface area (Å²) in [7, 11) is 6.04. The van der Waals surface area contributed by atoms with Gasteiger partial charge in [-0.15, -0.1) is 0 Å². The maximum atomic E-state index is 12.0. The van der Waals surface area contributed by atoms with Gasteiger partial charge in [0.1, 0.15) is 0 Å². The van der Waals surface area contributed by atoms with Gasteiger partial charge < -0.3 is 9.59 Å². The molecule has 0 aliphatic carbocycles. The summed E-state index contributed by atoms with van der Waals surface area (Å²) < 4.78 is 0.781. The fourth-order valence-electron chi connectivity index (χ4n) is 2.34. The molecule has 4 amide bonds. The SMILES string of the molecule is CCC1(c2ccccc2)C(=O)NC(=O)NC1=O.C[N+](C)(C)CC[O-]. The lowest BCUT2D eigenvalue weighted by molar-refractivity contribution is -0.875. The standard InChI is InChI=1S/C12H12N2O3.C5H13NO/c1-2-12(8-6-4-3-5-7-8)9(15)13-11(17)14-10(12)16;1-6(2,3)4-5-7/h3-7H,2H2,1H3,(H2,13,14,15,16,17);4-5H2,1-3H3. The number of barbiturate groups is 1. The number of rotatable bonds is 4. The minimum absolute atomic E-state index is 0.0312. The number of hydrogen-bond donors (Lipinski definition) is 2. The summed E-state index contributed by atoms with van der Waals surface area (Å²) in [5.41, 5.74) is -0.722. The largest absolute Gasteiger partial charge is 0.850 e. The molecule has 0 saturated carbocycles. The Bertz CT molecular complexity index is 574. The summed E-state index contributed by atoms with van der Waals surface area (Å²) in [6, 6.07) is 7.96. The summed E-state index contributed by atoms with van der Waals surface area (Å²) in [5, 5.41) is 14.2. The van der Waals surface area contributed by atoms with E-state index in [0.717, 1.165) is 11.0 Å². The van der Waals surface area contributed by atoms with E-state index in [2.05, 4.69) is 10.6 Å². The van der Waals surface area contributed by atoms with Crippen molar-refractivity contribution in [3.63, 3.8) is 0 Å². The Kier molecular flexibility index (Phi) is 6.62. The van der Waals surface area contributed by atoms with Crippen LogP contribution in [0, 0.1) is 0 Å². The van der Waals surface area contributed by atoms with Crippen LogP contribution in [-0.4, -0.2) is 56.6 Å². The number of nitrogens with zero attached hydrogens (tertiary/aromatic N) is 1. The van der Waals surface area contributed by atoms with Crippen molar-refractivity contribution in [3.05, 3.63) is 35.9 Å². The van der Waals surface area contributed by atoms with Crippen molar-refractivity contribution in [1.82, 2.24) is 10.6 Å². The van der Waals surface area contributed by atoms with Crippen molar-refractivity contribution >= 4 is 17.8 Å². The zero-order valence-electron chi connectivity index (χ0n) is 14.6. The Hall–Kier alpha value is -2.25. The third-order valence-corrected chi connectivity index (χ3v) is 3.79. The van der Waals surface area contributed by atoms with E-state index in [0.29, 0.717) is 12.0 Å². The summed E-state index contributed by atoms with van der Waals surface area (Å²) in [6.07, 6.45) is 0.294. The number of benzene rings is 1. The molecule has 0 unspecified atom stereocenters. The smallest absolute Gasteiger partial charge is 0.328 e. The third-order valence-electron chi connectivity index (χ3n) is 3.79. The summed E-state index contributed by atoms with van der Waals surface area (Å²) in [5.74, 6) is -1.14. The molecule has 24 heavy (non-hydrogen) atoms. The summed E-state index contributed by atoms with van der Waals surface area (Å²) >= 11 is 0. The molecule has 2 rings (SSSR count). The highest BCUT2D eigenvalue weighted by Crippen LogP contribution is 2.30. The first kappa shape index (κ1) is 19.8. The minimum atomic E-state index is -1.31. The molecule has 0 aromatic heterocycles. The van der Waals surface area contributed by atoms with Crippen LogP contribution in [-0.2, 0) is 15.0 Å². The Morgan fingerprint density at radius 1 is 1.00 bits per heavy atom. The lowest BCUT2D eigenvalue weighted by Crippen LogP contribution is -2.64. The Morgan fingerprint density at radius 2 is 1.50 bits per heavy atom. The summed E-state index contributed by atoms with van der Waals surface area (Å²) in [4.78, 5) is 35.0. The number of imide groups is 2. The zero-order valence-corrected chi connectivity index (χ0v) is 14.6. The van der Waals surface area contributed by atoms with Gasteiger partial charge in [-0.05, 0) is 12.0 Å². The normalized spacial score (nSPS) is 16.6. The van der Waals surface area contributed by atoms with E-state index in [4.69, 9.17) is 0 Å². The monoisotopic (exact) mass is 335 g/mol. The van der Waals surface area contributed by atoms with Crippen molar-refractivity contribution in [1.29, 1.82) is 0 Å². The van der Waals surface area contributed by atoms with Crippen LogP contribution >= 0.6 is 0 Å². The molecule has 1 aromatic carbocycles. The molecule has 1 fully saturated rings. The molecule has 7 heteroatoms. The first-order chi connectivity index (χ1) is 11.2. The van der Waals surface area contributed by atoms with Gasteiger partial charge >= 0.3 is 6.03 Å². The quantitative estimate of drug-likeness (QED) is 0.586. The average Bonchev–Trinajstić information content (AvgIpc) is 2.48. The van der Waals surface area contributed by atoms with Crippen molar-refractivity contribution in [3.8, 4) is 0 Å². The average molecular weight is 335 g/mol. The highest BCUT2D eigenvalue weighted by Gasteiger charge is 2.50. The first-order valence-corrected chi connectivity index (χ1v) is 7.78. The van der Waals surface area contributed by atoms with E-state index < -0.39 is 23.3 Å². The summed E-state index contributed by atoms with van der Waals surface area (Å²) in [6.45, 7) is 2.49. The molecular formula is C17H25N3O4. The van der Waals surface area contributed by atoms with Crippen molar-refractivity contribution in [2.45, 2.75) is 18.8 Å². The van der Waals surface area contributed by atoms with E-state index >= 15 is 0 Å². The zero-order chi connectivity index (χ0) is 18.4. The van der Waals surface area contributed by atoms with Gasteiger partial charge in [0, 0.05) is 0 Å². The molecule has 132 valence electrons. The van der Waals surface area contributed by atoms with E-state index in [1.807, 2.05) is 21.1 Å². The topological polar surface area (TPSA) is 98.3 Å². The Morgan fingerprint density at radius 3 is 1.83 bits per heavy atom. The predicted molar refractivity (Wildman–Crippen MR) is 87.9 cm³/mol. The van der Waals surface area contributed by atoms with Gasteiger partial charge in [0.25, 0.3) is 0 Å². The second kappa shape index (κ2) is 8.03. The maximum absolute atomic E-state index is 12.0. The van der Waals surface area contributed by atoms with Crippen LogP contribution in [0.1, 0.15) is 18.9 Å².